The van der Waals surface area contributed by atoms with E-state index in [1.165, 1.54) is 6.20 Å². The Morgan fingerprint density at radius 3 is 2.64 bits per heavy atom. The molecule has 25 heavy (non-hydrogen) atoms. The Labute approximate surface area is 146 Å². The van der Waals surface area contributed by atoms with Crippen LogP contribution < -0.4 is 10.2 Å². The Hall–Kier alpha value is -2.22. The number of amides is 1. The topological polar surface area (TPSA) is 74.8 Å². The number of esters is 1. The van der Waals surface area contributed by atoms with Crippen molar-refractivity contribution in [2.45, 2.75) is 19.0 Å². The molecule has 2 saturated heterocycles. The monoisotopic (exact) mass is 350 g/mol. The molecule has 1 amide bonds. The number of hydrogen-bond donors (Lipinski definition) is 1. The summed E-state index contributed by atoms with van der Waals surface area (Å²) in [6.45, 7) is 4.81. The predicted molar refractivity (Wildman–Crippen MR) is 90.3 cm³/mol. The molecule has 0 bridgehead atoms. The third-order valence-electron chi connectivity index (χ3n) is 4.64. The third kappa shape index (κ3) is 3.73. The van der Waals surface area contributed by atoms with Crippen LogP contribution in [0.3, 0.4) is 0 Å². The van der Waals surface area contributed by atoms with Gasteiger partial charge in [-0.1, -0.05) is 0 Å². The van der Waals surface area contributed by atoms with E-state index in [0.29, 0.717) is 44.9 Å². The first-order valence-corrected chi connectivity index (χ1v) is 8.60. The van der Waals surface area contributed by atoms with Gasteiger partial charge in [-0.3, -0.25) is 4.79 Å². The highest BCUT2D eigenvalue weighted by atomic mass is 19.1. The molecular formula is C17H23FN4O3. The highest BCUT2D eigenvalue weighted by molar-refractivity contribution is 5.89. The lowest BCUT2D eigenvalue weighted by molar-refractivity contribution is -0.143. The molecule has 0 aromatic carbocycles. The normalized spacial score (nSPS) is 23.6. The maximum absolute atomic E-state index is 14.6. The summed E-state index contributed by atoms with van der Waals surface area (Å²) in [6, 6.07) is 3.44. The summed E-state index contributed by atoms with van der Waals surface area (Å²) in [4.78, 5) is 31.9. The average Bonchev–Trinajstić information content (AvgIpc) is 3.09. The summed E-state index contributed by atoms with van der Waals surface area (Å²) in [5.74, 6) is -0.0733. The van der Waals surface area contributed by atoms with Crippen LogP contribution in [-0.4, -0.2) is 73.3 Å². The zero-order valence-corrected chi connectivity index (χ0v) is 14.3. The van der Waals surface area contributed by atoms with Gasteiger partial charge in [-0.25, -0.2) is 14.2 Å². The van der Waals surface area contributed by atoms with Gasteiger partial charge in [0.25, 0.3) is 5.91 Å². The fraction of sp³-hybridized carbons (Fsp3) is 0.588. The molecule has 0 saturated carbocycles. The molecular weight excluding hydrogens is 327 g/mol. The Kier molecular flexibility index (Phi) is 5.17. The third-order valence-corrected chi connectivity index (χ3v) is 4.64. The van der Waals surface area contributed by atoms with Gasteiger partial charge in [-0.15, -0.1) is 0 Å². The lowest BCUT2D eigenvalue weighted by Gasteiger charge is -2.37. The molecule has 2 fully saturated rings. The van der Waals surface area contributed by atoms with Crippen molar-refractivity contribution in [1.29, 1.82) is 0 Å². The maximum atomic E-state index is 14.6. The molecule has 1 aromatic rings. The van der Waals surface area contributed by atoms with Crippen LogP contribution in [0, 0.1) is 0 Å². The molecule has 1 atom stereocenters. The van der Waals surface area contributed by atoms with Crippen molar-refractivity contribution in [1.82, 2.24) is 15.2 Å². The van der Waals surface area contributed by atoms with E-state index in [1.54, 1.807) is 24.0 Å². The number of carbonyl (C=O) groups excluding carboxylic acids is 2. The minimum atomic E-state index is -1.76. The highest BCUT2D eigenvalue weighted by Crippen LogP contribution is 2.24. The second kappa shape index (κ2) is 7.35. The predicted octanol–water partition coefficient (Wildman–Crippen LogP) is 0.609. The number of carbonyl (C=O) groups is 2. The molecule has 8 heteroatoms. The number of hydrogen-bond acceptors (Lipinski definition) is 6. The van der Waals surface area contributed by atoms with E-state index in [2.05, 4.69) is 10.3 Å². The largest absolute Gasteiger partial charge is 0.462 e. The number of piperazine rings is 1. The van der Waals surface area contributed by atoms with Crippen molar-refractivity contribution in [3.05, 3.63) is 23.9 Å². The van der Waals surface area contributed by atoms with Crippen LogP contribution in [0.15, 0.2) is 18.3 Å². The van der Waals surface area contributed by atoms with Gasteiger partial charge < -0.3 is 19.9 Å². The van der Waals surface area contributed by atoms with E-state index in [4.69, 9.17) is 4.74 Å². The van der Waals surface area contributed by atoms with Gasteiger partial charge in [0.2, 0.25) is 5.67 Å². The molecule has 1 aromatic heterocycles. The van der Waals surface area contributed by atoms with Crippen molar-refractivity contribution in [3.8, 4) is 0 Å². The lowest BCUT2D eigenvalue weighted by atomic mass is 10.0. The standard InChI is InChI=1S/C17H23FN4O3/c1-2-25-15(23)13-3-4-14(20-11-13)21-7-9-22(10-8-21)16(24)17(18)5-6-19-12-17/h3-4,11,19H,2,5-10,12H2,1H3. The first-order valence-electron chi connectivity index (χ1n) is 8.60. The van der Waals surface area contributed by atoms with Crippen molar-refractivity contribution in [3.63, 3.8) is 0 Å². The Bertz CT molecular complexity index is 623. The average molecular weight is 350 g/mol. The Morgan fingerprint density at radius 1 is 1.32 bits per heavy atom. The van der Waals surface area contributed by atoms with E-state index < -0.39 is 17.5 Å². The summed E-state index contributed by atoms with van der Waals surface area (Å²) >= 11 is 0. The molecule has 1 unspecified atom stereocenters. The van der Waals surface area contributed by atoms with Gasteiger partial charge in [0.15, 0.2) is 0 Å². The van der Waals surface area contributed by atoms with Crippen molar-refractivity contribution in [2.24, 2.45) is 0 Å². The zero-order chi connectivity index (χ0) is 17.9. The van der Waals surface area contributed by atoms with E-state index >= 15 is 0 Å². The zero-order valence-electron chi connectivity index (χ0n) is 14.3. The smallest absolute Gasteiger partial charge is 0.339 e. The van der Waals surface area contributed by atoms with Gasteiger partial charge in [0, 0.05) is 45.3 Å². The molecule has 2 aliphatic heterocycles. The number of halogens is 1. The van der Waals surface area contributed by atoms with E-state index in [1.807, 2.05) is 4.90 Å². The van der Waals surface area contributed by atoms with Crippen LogP contribution in [0.5, 0.6) is 0 Å². The number of nitrogens with zero attached hydrogens (tertiary/aromatic N) is 3. The fourth-order valence-corrected chi connectivity index (χ4v) is 3.17. The second-order valence-corrected chi connectivity index (χ2v) is 6.30. The van der Waals surface area contributed by atoms with Crippen molar-refractivity contribution in [2.75, 3.05) is 50.8 Å². The lowest BCUT2D eigenvalue weighted by Crippen LogP contribution is -2.55. The molecule has 136 valence electrons. The SMILES string of the molecule is CCOC(=O)c1ccc(N2CCN(C(=O)C3(F)CCNC3)CC2)nc1. The van der Waals surface area contributed by atoms with Gasteiger partial charge in [-0.2, -0.15) is 0 Å². The summed E-state index contributed by atoms with van der Waals surface area (Å²) in [6.07, 6.45) is 1.73. The van der Waals surface area contributed by atoms with Gasteiger partial charge in [0.05, 0.1) is 12.2 Å². The number of ether oxygens (including phenoxy) is 1. The molecule has 2 aliphatic rings. The minimum Gasteiger partial charge on any atom is -0.462 e. The highest BCUT2D eigenvalue weighted by Gasteiger charge is 2.44. The number of alkyl halides is 1. The van der Waals surface area contributed by atoms with Gasteiger partial charge in [-0.05, 0) is 25.6 Å². The molecule has 1 N–H and O–H groups in total. The molecule has 0 spiro atoms. The van der Waals surface area contributed by atoms with Gasteiger partial charge in [0.1, 0.15) is 5.82 Å². The quantitative estimate of drug-likeness (QED) is 0.802. The first kappa shape index (κ1) is 17.6. The summed E-state index contributed by atoms with van der Waals surface area (Å²) in [5.41, 5.74) is -1.35. The molecule has 3 heterocycles. The summed E-state index contributed by atoms with van der Waals surface area (Å²) in [5, 5.41) is 2.91. The van der Waals surface area contributed by atoms with Crippen LogP contribution in [0.1, 0.15) is 23.7 Å². The maximum Gasteiger partial charge on any atom is 0.339 e. The number of anilines is 1. The van der Waals surface area contributed by atoms with Crippen LogP contribution in [0.25, 0.3) is 0 Å². The molecule has 0 radical (unpaired) electrons. The van der Waals surface area contributed by atoms with Crippen molar-refractivity contribution < 1.29 is 18.7 Å². The summed E-state index contributed by atoms with van der Waals surface area (Å²) in [7, 11) is 0. The van der Waals surface area contributed by atoms with Crippen LogP contribution in [0.4, 0.5) is 10.2 Å². The van der Waals surface area contributed by atoms with Crippen LogP contribution in [-0.2, 0) is 9.53 Å². The van der Waals surface area contributed by atoms with E-state index in [0.717, 1.165) is 5.82 Å². The second-order valence-electron chi connectivity index (χ2n) is 6.30. The summed E-state index contributed by atoms with van der Waals surface area (Å²) < 4.78 is 19.5. The van der Waals surface area contributed by atoms with E-state index in [9.17, 15) is 14.0 Å². The Balaban J connectivity index is 1.57. The number of rotatable bonds is 4. The van der Waals surface area contributed by atoms with Crippen LogP contribution in [0.2, 0.25) is 0 Å². The number of nitrogens with one attached hydrogen (secondary N) is 1. The first-order chi connectivity index (χ1) is 12.0. The molecule has 3 rings (SSSR count). The number of aromatic nitrogens is 1. The molecule has 7 nitrogen and oxygen atoms in total. The number of pyridine rings is 1. The van der Waals surface area contributed by atoms with Crippen LogP contribution >= 0.6 is 0 Å². The van der Waals surface area contributed by atoms with Crippen molar-refractivity contribution >= 4 is 17.7 Å². The Morgan fingerprint density at radius 2 is 2.08 bits per heavy atom. The van der Waals surface area contributed by atoms with Gasteiger partial charge >= 0.3 is 5.97 Å². The molecule has 0 aliphatic carbocycles. The van der Waals surface area contributed by atoms with E-state index in [-0.39, 0.29) is 13.0 Å². The fourth-order valence-electron chi connectivity index (χ4n) is 3.17. The minimum absolute atomic E-state index is 0.100.